The quantitative estimate of drug-likeness (QED) is 0.537. The Labute approximate surface area is 75.6 Å². The molecule has 1 heterocycles. The van der Waals surface area contributed by atoms with E-state index in [1.165, 1.54) is 6.42 Å². The summed E-state index contributed by atoms with van der Waals surface area (Å²) in [5.41, 5.74) is 0. The third kappa shape index (κ3) is 5.52. The van der Waals surface area contributed by atoms with Gasteiger partial charge in [0.25, 0.3) is 0 Å². The first-order valence-corrected chi connectivity index (χ1v) is 4.84. The lowest BCUT2D eigenvalue weighted by Crippen LogP contribution is -2.53. The molecule has 2 atom stereocenters. The van der Waals surface area contributed by atoms with E-state index in [2.05, 4.69) is 24.5 Å². The fourth-order valence-electron chi connectivity index (χ4n) is 1.02. The fraction of sp³-hybridized carbons (Fsp3) is 1.00. The maximum Gasteiger partial charge on any atom is 0.0677 e. The Kier molecular flexibility index (Phi) is 7.45. The molecule has 74 valence electrons. The zero-order chi connectivity index (χ0) is 9.40. The van der Waals surface area contributed by atoms with Gasteiger partial charge in [-0.3, -0.25) is 0 Å². The summed E-state index contributed by atoms with van der Waals surface area (Å²) >= 11 is 0. The van der Waals surface area contributed by atoms with E-state index in [0.29, 0.717) is 0 Å². The number of aliphatic hydroxyl groups is 1. The van der Waals surface area contributed by atoms with Gasteiger partial charge in [-0.1, -0.05) is 20.3 Å². The van der Waals surface area contributed by atoms with E-state index in [0.717, 1.165) is 19.6 Å². The Hall–Kier alpha value is -0.120. The normalized spacial score (nSPS) is 25.5. The number of piperazine rings is 1. The number of hydrogen-bond donors (Lipinski definition) is 3. The van der Waals surface area contributed by atoms with Gasteiger partial charge < -0.3 is 15.7 Å². The van der Waals surface area contributed by atoms with E-state index in [-0.39, 0.29) is 12.1 Å². The minimum Gasteiger partial charge on any atom is -0.392 e. The molecule has 0 bridgehead atoms. The average molecular weight is 174 g/mol. The van der Waals surface area contributed by atoms with Crippen molar-refractivity contribution >= 4 is 0 Å². The molecular weight excluding hydrogens is 152 g/mol. The first-order valence-electron chi connectivity index (χ1n) is 4.84. The molecule has 1 rings (SSSR count). The molecule has 12 heavy (non-hydrogen) atoms. The highest BCUT2D eigenvalue weighted by Gasteiger charge is 2.15. The molecule has 3 N–H and O–H groups in total. The van der Waals surface area contributed by atoms with Crippen LogP contribution in [0.4, 0.5) is 0 Å². The average Bonchev–Trinajstić information content (AvgIpc) is 2.07. The third-order valence-electron chi connectivity index (χ3n) is 1.65. The van der Waals surface area contributed by atoms with Gasteiger partial charge >= 0.3 is 0 Å². The number of aliphatic hydroxyl groups excluding tert-OH is 1. The van der Waals surface area contributed by atoms with Crippen molar-refractivity contribution in [3.8, 4) is 0 Å². The van der Waals surface area contributed by atoms with E-state index in [1.54, 1.807) is 0 Å². The van der Waals surface area contributed by atoms with Gasteiger partial charge in [-0.05, 0) is 6.92 Å². The Morgan fingerprint density at radius 2 is 2.00 bits per heavy atom. The van der Waals surface area contributed by atoms with E-state index >= 15 is 0 Å². The summed E-state index contributed by atoms with van der Waals surface area (Å²) in [5, 5.41) is 15.5. The van der Waals surface area contributed by atoms with Crippen LogP contribution in [0.3, 0.4) is 0 Å². The van der Waals surface area contributed by atoms with Gasteiger partial charge in [0.15, 0.2) is 0 Å². The van der Waals surface area contributed by atoms with Gasteiger partial charge in [0.2, 0.25) is 0 Å². The van der Waals surface area contributed by atoms with Gasteiger partial charge in [-0.2, -0.15) is 0 Å². The zero-order valence-corrected chi connectivity index (χ0v) is 8.43. The van der Waals surface area contributed by atoms with E-state index < -0.39 is 0 Å². The van der Waals surface area contributed by atoms with Crippen LogP contribution >= 0.6 is 0 Å². The first-order chi connectivity index (χ1) is 5.72. The van der Waals surface area contributed by atoms with Crippen molar-refractivity contribution in [2.24, 2.45) is 0 Å². The maximum absolute atomic E-state index is 9.07. The highest BCUT2D eigenvalue weighted by atomic mass is 16.3. The Morgan fingerprint density at radius 1 is 1.42 bits per heavy atom. The summed E-state index contributed by atoms with van der Waals surface area (Å²) in [5.74, 6) is 0. The van der Waals surface area contributed by atoms with Crippen molar-refractivity contribution in [2.45, 2.75) is 39.3 Å². The van der Waals surface area contributed by atoms with E-state index in [9.17, 15) is 0 Å². The summed E-state index contributed by atoms with van der Waals surface area (Å²) in [6.07, 6.45) is 1.01. The van der Waals surface area contributed by atoms with Gasteiger partial charge in [-0.25, -0.2) is 0 Å². The summed E-state index contributed by atoms with van der Waals surface area (Å²) in [6, 6.07) is 0.249. The second-order valence-electron chi connectivity index (χ2n) is 3.21. The molecule has 0 spiro atoms. The molecule has 1 saturated heterocycles. The van der Waals surface area contributed by atoms with Crippen molar-refractivity contribution in [1.82, 2.24) is 10.6 Å². The lowest BCUT2D eigenvalue weighted by molar-refractivity contribution is 0.136. The second-order valence-corrected chi connectivity index (χ2v) is 3.21. The summed E-state index contributed by atoms with van der Waals surface area (Å²) < 4.78 is 0. The third-order valence-corrected chi connectivity index (χ3v) is 1.65. The van der Waals surface area contributed by atoms with Crippen LogP contribution in [0.25, 0.3) is 0 Å². The number of hydrogen-bond acceptors (Lipinski definition) is 3. The van der Waals surface area contributed by atoms with Crippen molar-refractivity contribution in [3.05, 3.63) is 0 Å². The predicted octanol–water partition coefficient (Wildman–Crippen LogP) is 0.345. The molecule has 3 heteroatoms. The summed E-state index contributed by atoms with van der Waals surface area (Å²) in [4.78, 5) is 0. The van der Waals surface area contributed by atoms with Crippen LogP contribution in [-0.2, 0) is 0 Å². The minimum atomic E-state index is -0.238. The zero-order valence-electron chi connectivity index (χ0n) is 8.43. The molecular formula is C9H22N2O. The van der Waals surface area contributed by atoms with Crippen molar-refractivity contribution in [2.75, 3.05) is 19.6 Å². The monoisotopic (exact) mass is 174 g/mol. The molecule has 1 unspecified atom stereocenters. The molecule has 0 aromatic carbocycles. The van der Waals surface area contributed by atoms with Gasteiger partial charge in [0.1, 0.15) is 0 Å². The van der Waals surface area contributed by atoms with Gasteiger partial charge in [0, 0.05) is 25.7 Å². The molecule has 0 aliphatic carbocycles. The second kappa shape index (κ2) is 7.53. The van der Waals surface area contributed by atoms with Crippen LogP contribution in [0.2, 0.25) is 0 Å². The van der Waals surface area contributed by atoms with Crippen molar-refractivity contribution in [1.29, 1.82) is 0 Å². The molecule has 1 fully saturated rings. The molecule has 0 amide bonds. The predicted molar refractivity (Wildman–Crippen MR) is 52.3 cm³/mol. The smallest absolute Gasteiger partial charge is 0.0677 e. The molecule has 0 radical (unpaired) electrons. The Bertz CT molecular complexity index is 90.5. The topological polar surface area (TPSA) is 44.3 Å². The fourth-order valence-corrected chi connectivity index (χ4v) is 1.02. The molecule has 1 aliphatic heterocycles. The summed E-state index contributed by atoms with van der Waals surface area (Å²) in [7, 11) is 0. The first kappa shape index (κ1) is 11.9. The lowest BCUT2D eigenvalue weighted by atomic mass is 10.1. The van der Waals surface area contributed by atoms with Crippen LogP contribution in [0.5, 0.6) is 0 Å². The molecule has 0 aromatic heterocycles. The minimum absolute atomic E-state index is 0.238. The molecule has 0 aromatic rings. The van der Waals surface area contributed by atoms with E-state index in [4.69, 9.17) is 5.11 Å². The summed E-state index contributed by atoms with van der Waals surface area (Å²) in [6.45, 7) is 8.93. The van der Waals surface area contributed by atoms with Gasteiger partial charge in [0.05, 0.1) is 6.10 Å². The van der Waals surface area contributed by atoms with Crippen LogP contribution in [0, 0.1) is 0 Å². The van der Waals surface area contributed by atoms with Crippen LogP contribution < -0.4 is 10.6 Å². The Balaban J connectivity index is 0.000000354. The Morgan fingerprint density at radius 3 is 2.25 bits per heavy atom. The SMILES string of the molecule is CCC.C[C@H](O)C1CNCCN1. The van der Waals surface area contributed by atoms with Crippen LogP contribution in [0.1, 0.15) is 27.2 Å². The largest absolute Gasteiger partial charge is 0.392 e. The highest BCUT2D eigenvalue weighted by Crippen LogP contribution is 1.92. The van der Waals surface area contributed by atoms with Gasteiger partial charge in [-0.15, -0.1) is 0 Å². The molecule has 3 nitrogen and oxygen atoms in total. The van der Waals surface area contributed by atoms with Crippen LogP contribution in [-0.4, -0.2) is 36.9 Å². The molecule has 1 aliphatic rings. The highest BCUT2D eigenvalue weighted by molar-refractivity contribution is 4.78. The lowest BCUT2D eigenvalue weighted by Gasteiger charge is -2.26. The number of nitrogens with one attached hydrogen (secondary N) is 2. The maximum atomic E-state index is 9.07. The van der Waals surface area contributed by atoms with Crippen LogP contribution in [0.15, 0.2) is 0 Å². The van der Waals surface area contributed by atoms with Crippen molar-refractivity contribution < 1.29 is 5.11 Å². The number of rotatable bonds is 1. The van der Waals surface area contributed by atoms with E-state index in [1.807, 2.05) is 6.92 Å². The van der Waals surface area contributed by atoms with Crippen molar-refractivity contribution in [3.63, 3.8) is 0 Å². The molecule has 0 saturated carbocycles. The standard InChI is InChI=1S/C6H14N2O.C3H8/c1-5(9)6-4-7-2-3-8-6;1-3-2/h5-9H,2-4H2,1H3;3H2,1-2H3/t5-,6?;/m0./s1.